The lowest BCUT2D eigenvalue weighted by atomic mass is 9.71. The maximum atomic E-state index is 13.2. The molecule has 2 aliphatic rings. The van der Waals surface area contributed by atoms with Gasteiger partial charge in [-0.25, -0.2) is 0 Å². The third kappa shape index (κ3) is 13.2. The van der Waals surface area contributed by atoms with Crippen LogP contribution in [-0.4, -0.2) is 96.2 Å². The molecule has 8 heteroatoms. The average Bonchev–Trinajstić information content (AvgIpc) is 2.97. The van der Waals surface area contributed by atoms with Gasteiger partial charge in [-0.3, -0.25) is 14.6 Å². The molecule has 3 N–H and O–H groups in total. The van der Waals surface area contributed by atoms with Crippen LogP contribution in [0.5, 0.6) is 0 Å². The molecular weight excluding hydrogens is 520 g/mol. The van der Waals surface area contributed by atoms with Crippen LogP contribution in [0.15, 0.2) is 0 Å². The van der Waals surface area contributed by atoms with Gasteiger partial charge < -0.3 is 24.8 Å². The molecule has 2 aliphatic heterocycles. The summed E-state index contributed by atoms with van der Waals surface area (Å²) in [5.41, 5.74) is 0.231. The van der Waals surface area contributed by atoms with Crippen molar-refractivity contribution in [2.24, 2.45) is 11.3 Å². The Bertz CT molecular complexity index is 673. The first-order chi connectivity index (χ1) is 19.8. The Labute approximate surface area is 251 Å². The van der Waals surface area contributed by atoms with Crippen molar-refractivity contribution in [1.29, 1.82) is 0 Å². The highest BCUT2D eigenvalue weighted by Gasteiger charge is 2.43. The third-order valence-corrected chi connectivity index (χ3v) is 9.80. The summed E-state index contributed by atoms with van der Waals surface area (Å²) in [7, 11) is 1.72. The van der Waals surface area contributed by atoms with E-state index >= 15 is 0 Å². The maximum Gasteiger partial charge on any atom is 0.308 e. The summed E-state index contributed by atoms with van der Waals surface area (Å²) >= 11 is 0. The predicted octanol–water partition coefficient (Wildman–Crippen LogP) is 5.47. The van der Waals surface area contributed by atoms with Gasteiger partial charge in [0, 0.05) is 33.2 Å². The SMILES string of the molecule is CCCCCCCCC(CCCCCC)C(=O)OCC(COC)N1CCC2(CC1)CCN(C(O)(O)CCCO)CC2. The second-order valence-electron chi connectivity index (χ2n) is 13.0. The van der Waals surface area contributed by atoms with Gasteiger partial charge in [-0.1, -0.05) is 78.1 Å². The van der Waals surface area contributed by atoms with Crippen molar-refractivity contribution in [2.75, 3.05) is 53.1 Å². The Morgan fingerprint density at radius 1 is 0.805 bits per heavy atom. The number of hydrogen-bond acceptors (Lipinski definition) is 8. The van der Waals surface area contributed by atoms with Crippen molar-refractivity contribution in [3.05, 3.63) is 0 Å². The number of nitrogens with zero attached hydrogens (tertiary/aromatic N) is 2. The number of hydrogen-bond donors (Lipinski definition) is 3. The van der Waals surface area contributed by atoms with Crippen molar-refractivity contribution in [1.82, 2.24) is 9.80 Å². The van der Waals surface area contributed by atoms with Crippen LogP contribution in [-0.2, 0) is 14.3 Å². The summed E-state index contributed by atoms with van der Waals surface area (Å²) in [4.78, 5) is 17.4. The van der Waals surface area contributed by atoms with Crippen LogP contribution in [0.3, 0.4) is 0 Å². The molecule has 0 aromatic heterocycles. The molecule has 0 radical (unpaired) electrons. The van der Waals surface area contributed by atoms with Gasteiger partial charge in [-0.05, 0) is 63.5 Å². The molecule has 1 spiro atoms. The summed E-state index contributed by atoms with van der Waals surface area (Å²) in [5.74, 6) is -1.84. The van der Waals surface area contributed by atoms with E-state index < -0.39 is 5.91 Å². The molecule has 2 fully saturated rings. The highest BCUT2D eigenvalue weighted by atomic mass is 16.5. The summed E-state index contributed by atoms with van der Waals surface area (Å²) < 4.78 is 11.6. The Morgan fingerprint density at radius 2 is 1.34 bits per heavy atom. The van der Waals surface area contributed by atoms with E-state index in [1.807, 2.05) is 0 Å². The van der Waals surface area contributed by atoms with E-state index in [0.29, 0.717) is 32.7 Å². The molecule has 2 heterocycles. The van der Waals surface area contributed by atoms with Crippen molar-refractivity contribution < 1.29 is 29.6 Å². The number of piperidine rings is 2. The van der Waals surface area contributed by atoms with E-state index in [9.17, 15) is 15.0 Å². The number of unbranched alkanes of at least 4 members (excludes halogenated alkanes) is 8. The average molecular weight is 585 g/mol. The standard InChI is InChI=1S/C33H64N2O6/c1-4-6-8-10-11-13-16-29(15-12-9-7-5-2)31(37)41-28-30(27-40-3)34-22-18-32(19-23-34)20-24-35(25-21-32)33(38,39)17-14-26-36/h29-30,36,38-39H,4-28H2,1-3H3. The molecule has 0 aliphatic carbocycles. The van der Waals surface area contributed by atoms with E-state index in [1.54, 1.807) is 12.0 Å². The lowest BCUT2D eigenvalue weighted by molar-refractivity contribution is -0.277. The van der Waals surface area contributed by atoms with Crippen LogP contribution < -0.4 is 0 Å². The zero-order chi connectivity index (χ0) is 30.0. The van der Waals surface area contributed by atoms with Gasteiger partial charge in [0.05, 0.1) is 18.6 Å². The van der Waals surface area contributed by atoms with Crippen LogP contribution in [0, 0.1) is 11.3 Å². The number of likely N-dealkylation sites (tertiary alicyclic amines) is 2. The fourth-order valence-corrected chi connectivity index (χ4v) is 6.79. The Balaban J connectivity index is 1.83. The van der Waals surface area contributed by atoms with E-state index in [2.05, 4.69) is 18.7 Å². The Hall–Kier alpha value is -0.770. The topological polar surface area (TPSA) is 103 Å². The maximum absolute atomic E-state index is 13.2. The fourth-order valence-electron chi connectivity index (χ4n) is 6.79. The van der Waals surface area contributed by atoms with Crippen LogP contribution in [0.1, 0.15) is 129 Å². The predicted molar refractivity (Wildman–Crippen MR) is 164 cm³/mol. The summed E-state index contributed by atoms with van der Waals surface area (Å²) in [5, 5.41) is 30.0. The molecule has 8 nitrogen and oxygen atoms in total. The number of ether oxygens (including phenoxy) is 2. The number of esters is 1. The smallest absolute Gasteiger partial charge is 0.308 e. The van der Waals surface area contributed by atoms with Gasteiger partial charge in [0.15, 0.2) is 0 Å². The van der Waals surface area contributed by atoms with E-state index in [4.69, 9.17) is 14.6 Å². The van der Waals surface area contributed by atoms with Crippen LogP contribution in [0.2, 0.25) is 0 Å². The van der Waals surface area contributed by atoms with Gasteiger partial charge in [0.2, 0.25) is 5.91 Å². The number of aliphatic hydroxyl groups is 3. The van der Waals surface area contributed by atoms with E-state index in [0.717, 1.165) is 64.5 Å². The molecule has 242 valence electrons. The fraction of sp³-hybridized carbons (Fsp3) is 0.970. The zero-order valence-electron chi connectivity index (χ0n) is 26.8. The number of carbonyl (C=O) groups is 1. The molecule has 0 aromatic carbocycles. The molecule has 2 rings (SSSR count). The highest BCUT2D eigenvalue weighted by molar-refractivity contribution is 5.72. The number of aliphatic hydroxyl groups excluding tert-OH is 1. The van der Waals surface area contributed by atoms with Crippen molar-refractivity contribution >= 4 is 5.97 Å². The van der Waals surface area contributed by atoms with E-state index in [1.165, 1.54) is 51.4 Å². The number of carbonyl (C=O) groups excluding carboxylic acids is 1. The van der Waals surface area contributed by atoms with Gasteiger partial charge in [-0.15, -0.1) is 0 Å². The molecule has 41 heavy (non-hydrogen) atoms. The molecule has 0 amide bonds. The minimum absolute atomic E-state index is 0.0126. The van der Waals surface area contributed by atoms with Crippen molar-refractivity contribution in [2.45, 2.75) is 141 Å². The molecule has 0 aromatic rings. The summed E-state index contributed by atoms with van der Waals surface area (Å²) in [6, 6.07) is 0.0668. The molecule has 0 saturated carbocycles. The second kappa shape index (κ2) is 20.2. The number of methoxy groups -OCH3 is 1. The molecule has 2 saturated heterocycles. The molecule has 2 atom stereocenters. The molecule has 0 bridgehead atoms. The zero-order valence-corrected chi connectivity index (χ0v) is 26.8. The van der Waals surface area contributed by atoms with Gasteiger partial charge in [0.25, 0.3) is 0 Å². The van der Waals surface area contributed by atoms with Gasteiger partial charge in [-0.2, -0.15) is 0 Å². The monoisotopic (exact) mass is 584 g/mol. The molecule has 2 unspecified atom stereocenters. The van der Waals surface area contributed by atoms with Crippen molar-refractivity contribution in [3.63, 3.8) is 0 Å². The largest absolute Gasteiger partial charge is 0.464 e. The first-order valence-corrected chi connectivity index (χ1v) is 17.0. The lowest BCUT2D eigenvalue weighted by Gasteiger charge is -2.50. The van der Waals surface area contributed by atoms with Gasteiger partial charge in [0.1, 0.15) is 6.61 Å². The highest BCUT2D eigenvalue weighted by Crippen LogP contribution is 2.43. The first-order valence-electron chi connectivity index (χ1n) is 17.0. The summed E-state index contributed by atoms with van der Waals surface area (Å²) in [6.07, 6.45) is 18.6. The Kier molecular flexibility index (Phi) is 18.0. The molecular formula is C33H64N2O6. The lowest BCUT2D eigenvalue weighted by Crippen LogP contribution is -2.56. The number of rotatable bonds is 22. The normalized spacial score (nSPS) is 19.9. The minimum atomic E-state index is -1.83. The van der Waals surface area contributed by atoms with Crippen molar-refractivity contribution in [3.8, 4) is 0 Å². The minimum Gasteiger partial charge on any atom is -0.464 e. The van der Waals surface area contributed by atoms with Crippen LogP contribution >= 0.6 is 0 Å². The van der Waals surface area contributed by atoms with Gasteiger partial charge >= 0.3 is 5.97 Å². The second-order valence-corrected chi connectivity index (χ2v) is 13.0. The van der Waals surface area contributed by atoms with Crippen LogP contribution in [0.4, 0.5) is 0 Å². The third-order valence-electron chi connectivity index (χ3n) is 9.80. The quantitative estimate of drug-likeness (QED) is 0.0875. The van der Waals surface area contributed by atoms with E-state index in [-0.39, 0.29) is 36.4 Å². The summed E-state index contributed by atoms with van der Waals surface area (Å²) in [6.45, 7) is 8.57. The Morgan fingerprint density at radius 3 is 1.90 bits per heavy atom. The van der Waals surface area contributed by atoms with Crippen LogP contribution in [0.25, 0.3) is 0 Å². The first kappa shape index (κ1) is 36.4.